The van der Waals surface area contributed by atoms with E-state index in [1.165, 1.54) is 4.68 Å². The predicted octanol–water partition coefficient (Wildman–Crippen LogP) is 0.253. The second kappa shape index (κ2) is 4.76. The molecule has 20 heavy (non-hydrogen) atoms. The normalized spacial score (nSPS) is 12.9. The second-order valence-electron chi connectivity index (χ2n) is 4.56. The van der Waals surface area contributed by atoms with Crippen molar-refractivity contribution in [3.8, 4) is 5.75 Å². The van der Waals surface area contributed by atoms with Crippen LogP contribution in [0.3, 0.4) is 0 Å². The molecule has 2 aromatic rings. The van der Waals surface area contributed by atoms with Crippen LogP contribution in [-0.2, 0) is 13.6 Å². The number of rotatable bonds is 3. The number of phenols is 1. The number of carbonyl (C=O) groups is 1. The summed E-state index contributed by atoms with van der Waals surface area (Å²) in [7, 11) is 1.70. The van der Waals surface area contributed by atoms with Gasteiger partial charge in [0.05, 0.1) is 25.0 Å². The quantitative estimate of drug-likeness (QED) is 0.837. The lowest BCUT2D eigenvalue weighted by Crippen LogP contribution is -2.29. The Balaban J connectivity index is 1.69. The first-order valence-electron chi connectivity index (χ1n) is 6.13. The van der Waals surface area contributed by atoms with Gasteiger partial charge in [-0.25, -0.2) is 0 Å². The number of hydrogen-bond acceptors (Lipinski definition) is 5. The average molecular weight is 271 g/mol. The second-order valence-corrected chi connectivity index (χ2v) is 4.56. The molecule has 2 N–H and O–H groups in total. The van der Waals surface area contributed by atoms with Crippen molar-refractivity contribution in [1.29, 1.82) is 0 Å². The van der Waals surface area contributed by atoms with Gasteiger partial charge in [0.25, 0.3) is 5.91 Å². The molecule has 0 saturated carbocycles. The number of hydrogen-bond donors (Lipinski definition) is 2. The van der Waals surface area contributed by atoms with Crippen molar-refractivity contribution in [2.24, 2.45) is 12.0 Å². The predicted molar refractivity (Wildman–Crippen MR) is 71.7 cm³/mol. The number of nitrogens with one attached hydrogen (secondary N) is 1. The van der Waals surface area contributed by atoms with Gasteiger partial charge in [0, 0.05) is 12.6 Å². The minimum Gasteiger partial charge on any atom is -0.508 e. The highest BCUT2D eigenvalue weighted by Crippen LogP contribution is 2.22. The van der Waals surface area contributed by atoms with Crippen LogP contribution >= 0.6 is 0 Å². The highest BCUT2D eigenvalue weighted by molar-refractivity contribution is 6.07. The lowest BCUT2D eigenvalue weighted by molar-refractivity contribution is 0.0954. The van der Waals surface area contributed by atoms with Gasteiger partial charge in [-0.05, 0) is 17.7 Å². The summed E-state index contributed by atoms with van der Waals surface area (Å²) in [6.45, 7) is 0.873. The van der Waals surface area contributed by atoms with E-state index in [9.17, 15) is 9.90 Å². The molecule has 0 fully saturated rings. The molecule has 0 bridgehead atoms. The lowest BCUT2D eigenvalue weighted by atomic mass is 10.1. The summed E-state index contributed by atoms with van der Waals surface area (Å²) < 4.78 is 1.47. The number of benzene rings is 1. The number of amides is 1. The van der Waals surface area contributed by atoms with E-state index in [0.717, 1.165) is 16.8 Å². The third-order valence-corrected chi connectivity index (χ3v) is 3.10. The Kier molecular flexibility index (Phi) is 2.94. The highest BCUT2D eigenvalue weighted by Gasteiger charge is 2.18. The molecule has 1 aliphatic heterocycles. The molecule has 0 spiro atoms. The molecule has 2 heterocycles. The fraction of sp³-hybridized carbons (Fsp3) is 0.231. The van der Waals surface area contributed by atoms with E-state index < -0.39 is 0 Å². The number of nitrogens with zero attached hydrogens (tertiary/aromatic N) is 4. The zero-order chi connectivity index (χ0) is 14.1. The van der Waals surface area contributed by atoms with Crippen molar-refractivity contribution >= 4 is 11.6 Å². The number of aromatic nitrogens is 3. The SMILES string of the molecule is Cn1cc(C(=O)NCC2=NCc3ccc(O)cc32)nn1. The number of fused-ring (bicyclic) bond motifs is 1. The minimum atomic E-state index is -0.297. The number of phenolic OH excluding ortho intramolecular Hbond substituents is 1. The van der Waals surface area contributed by atoms with Crippen LogP contribution in [0, 0.1) is 0 Å². The first kappa shape index (κ1) is 12.3. The van der Waals surface area contributed by atoms with Crippen LogP contribution in [0.25, 0.3) is 0 Å². The topological polar surface area (TPSA) is 92.4 Å². The monoisotopic (exact) mass is 271 g/mol. The van der Waals surface area contributed by atoms with Crippen LogP contribution in [0.5, 0.6) is 5.75 Å². The Bertz CT molecular complexity index is 705. The van der Waals surface area contributed by atoms with Gasteiger partial charge in [-0.1, -0.05) is 11.3 Å². The van der Waals surface area contributed by atoms with Crippen molar-refractivity contribution in [3.05, 3.63) is 41.2 Å². The van der Waals surface area contributed by atoms with Gasteiger partial charge in [-0.3, -0.25) is 14.5 Å². The van der Waals surface area contributed by atoms with Crippen LogP contribution in [0.4, 0.5) is 0 Å². The van der Waals surface area contributed by atoms with Crippen LogP contribution in [0.2, 0.25) is 0 Å². The zero-order valence-electron chi connectivity index (χ0n) is 10.9. The van der Waals surface area contributed by atoms with Crippen LogP contribution in [0.1, 0.15) is 21.6 Å². The Morgan fingerprint density at radius 3 is 3.10 bits per heavy atom. The summed E-state index contributed by atoms with van der Waals surface area (Å²) in [6.07, 6.45) is 1.55. The summed E-state index contributed by atoms with van der Waals surface area (Å²) in [5.41, 5.74) is 2.95. The standard InChI is InChI=1S/C13H13N5O2/c1-18-7-12(16-17-18)13(20)15-6-11-10-4-9(19)3-2-8(10)5-14-11/h2-4,7,19H,5-6H2,1H3,(H,15,20). The smallest absolute Gasteiger partial charge is 0.273 e. The fourth-order valence-electron chi connectivity index (χ4n) is 2.09. The van der Waals surface area contributed by atoms with Gasteiger partial charge in [0.1, 0.15) is 5.75 Å². The maximum absolute atomic E-state index is 11.9. The molecule has 0 saturated heterocycles. The average Bonchev–Trinajstić information content (AvgIpc) is 3.02. The molecule has 102 valence electrons. The summed E-state index contributed by atoms with van der Waals surface area (Å²) in [4.78, 5) is 16.2. The molecule has 1 amide bonds. The number of carbonyl (C=O) groups excluding carboxylic acids is 1. The summed E-state index contributed by atoms with van der Waals surface area (Å²) >= 11 is 0. The summed E-state index contributed by atoms with van der Waals surface area (Å²) in [6, 6.07) is 5.14. The molecule has 1 aromatic carbocycles. The maximum Gasteiger partial charge on any atom is 0.273 e. The largest absolute Gasteiger partial charge is 0.508 e. The molecule has 0 radical (unpaired) electrons. The Labute approximate surface area is 115 Å². The van der Waals surface area contributed by atoms with Crippen molar-refractivity contribution < 1.29 is 9.90 Å². The van der Waals surface area contributed by atoms with Gasteiger partial charge >= 0.3 is 0 Å². The van der Waals surface area contributed by atoms with E-state index in [2.05, 4.69) is 20.6 Å². The molecule has 1 aliphatic rings. The van der Waals surface area contributed by atoms with E-state index in [-0.39, 0.29) is 17.4 Å². The maximum atomic E-state index is 11.9. The van der Waals surface area contributed by atoms with Gasteiger partial charge < -0.3 is 10.4 Å². The number of aryl methyl sites for hydroxylation is 1. The van der Waals surface area contributed by atoms with Crippen molar-refractivity contribution in [2.75, 3.05) is 6.54 Å². The van der Waals surface area contributed by atoms with E-state index in [0.29, 0.717) is 13.1 Å². The van der Waals surface area contributed by atoms with Gasteiger partial charge in [0.15, 0.2) is 5.69 Å². The van der Waals surface area contributed by atoms with Crippen LogP contribution in [0.15, 0.2) is 29.4 Å². The zero-order valence-corrected chi connectivity index (χ0v) is 10.9. The van der Waals surface area contributed by atoms with E-state index in [4.69, 9.17) is 0 Å². The van der Waals surface area contributed by atoms with E-state index in [1.807, 2.05) is 6.07 Å². The summed E-state index contributed by atoms with van der Waals surface area (Å²) in [5.74, 6) is -0.104. The summed E-state index contributed by atoms with van der Waals surface area (Å²) in [5, 5.41) is 19.7. The fourth-order valence-corrected chi connectivity index (χ4v) is 2.09. The third kappa shape index (κ3) is 2.25. The van der Waals surface area contributed by atoms with Crippen molar-refractivity contribution in [2.45, 2.75) is 6.54 Å². The molecular weight excluding hydrogens is 258 g/mol. The number of aromatic hydroxyl groups is 1. The molecule has 7 nitrogen and oxygen atoms in total. The lowest BCUT2D eigenvalue weighted by Gasteiger charge is -2.05. The van der Waals surface area contributed by atoms with Crippen molar-refractivity contribution in [3.63, 3.8) is 0 Å². The molecule has 1 aromatic heterocycles. The Hall–Kier alpha value is -2.70. The third-order valence-electron chi connectivity index (χ3n) is 3.10. The minimum absolute atomic E-state index is 0.193. The van der Waals surface area contributed by atoms with E-state index in [1.54, 1.807) is 25.4 Å². The molecule has 0 atom stereocenters. The molecular formula is C13H13N5O2. The number of aliphatic imine (C=N–C) groups is 1. The van der Waals surface area contributed by atoms with Gasteiger partial charge in [0.2, 0.25) is 0 Å². The molecule has 0 unspecified atom stereocenters. The Morgan fingerprint density at radius 1 is 1.50 bits per heavy atom. The molecule has 7 heteroatoms. The van der Waals surface area contributed by atoms with E-state index >= 15 is 0 Å². The first-order chi connectivity index (χ1) is 9.63. The highest BCUT2D eigenvalue weighted by atomic mass is 16.3. The van der Waals surface area contributed by atoms with Gasteiger partial charge in [-0.2, -0.15) is 0 Å². The first-order valence-corrected chi connectivity index (χ1v) is 6.13. The molecule has 3 rings (SSSR count). The van der Waals surface area contributed by atoms with Gasteiger partial charge in [-0.15, -0.1) is 5.10 Å². The van der Waals surface area contributed by atoms with Crippen molar-refractivity contribution in [1.82, 2.24) is 20.3 Å². The molecule has 0 aliphatic carbocycles. The van der Waals surface area contributed by atoms with Crippen LogP contribution < -0.4 is 5.32 Å². The Morgan fingerprint density at radius 2 is 2.35 bits per heavy atom. The van der Waals surface area contributed by atoms with Crippen LogP contribution in [-0.4, -0.2) is 38.3 Å².